The maximum atomic E-state index is 12.4. The molecule has 112 valence electrons. The lowest BCUT2D eigenvalue weighted by Gasteiger charge is -2.07. The van der Waals surface area contributed by atoms with Crippen molar-refractivity contribution in [2.75, 3.05) is 0 Å². The molecule has 0 unspecified atom stereocenters. The van der Waals surface area contributed by atoms with Crippen molar-refractivity contribution in [3.63, 3.8) is 0 Å². The van der Waals surface area contributed by atoms with E-state index in [0.29, 0.717) is 11.1 Å². The van der Waals surface area contributed by atoms with Crippen LogP contribution in [0.1, 0.15) is 47.8 Å². The van der Waals surface area contributed by atoms with Gasteiger partial charge in [0.15, 0.2) is 5.78 Å². The zero-order valence-corrected chi connectivity index (χ0v) is 12.1. The van der Waals surface area contributed by atoms with Gasteiger partial charge >= 0.3 is 11.9 Å². The SMILES string of the molecule is Cc1ccc(C(=O)c2ccc(C)c(C(=O)O)c2)cc1C(=O)O. The van der Waals surface area contributed by atoms with E-state index in [1.807, 2.05) is 0 Å². The van der Waals surface area contributed by atoms with Gasteiger partial charge in [-0.3, -0.25) is 4.79 Å². The largest absolute Gasteiger partial charge is 0.478 e. The van der Waals surface area contributed by atoms with Crippen molar-refractivity contribution in [2.24, 2.45) is 0 Å². The van der Waals surface area contributed by atoms with Crippen molar-refractivity contribution in [1.82, 2.24) is 0 Å². The smallest absolute Gasteiger partial charge is 0.335 e. The van der Waals surface area contributed by atoms with Crippen molar-refractivity contribution in [3.05, 3.63) is 69.8 Å². The number of ketones is 1. The van der Waals surface area contributed by atoms with E-state index in [2.05, 4.69) is 0 Å². The molecule has 22 heavy (non-hydrogen) atoms. The second-order valence-corrected chi connectivity index (χ2v) is 5.00. The predicted octanol–water partition coefficient (Wildman–Crippen LogP) is 2.93. The number of aryl methyl sites for hydroxylation is 2. The zero-order valence-electron chi connectivity index (χ0n) is 12.1. The van der Waals surface area contributed by atoms with Gasteiger partial charge in [-0.2, -0.15) is 0 Å². The third kappa shape index (κ3) is 2.88. The molecule has 5 heteroatoms. The minimum atomic E-state index is -1.11. The maximum Gasteiger partial charge on any atom is 0.335 e. The second kappa shape index (κ2) is 5.81. The molecule has 0 fully saturated rings. The number of carbonyl (C=O) groups is 3. The summed E-state index contributed by atoms with van der Waals surface area (Å²) in [5.41, 5.74) is 1.64. The van der Waals surface area contributed by atoms with E-state index in [0.717, 1.165) is 0 Å². The van der Waals surface area contributed by atoms with E-state index in [9.17, 15) is 14.4 Å². The van der Waals surface area contributed by atoms with Gasteiger partial charge in [0.1, 0.15) is 0 Å². The molecule has 5 nitrogen and oxygen atoms in total. The number of aromatic carboxylic acids is 2. The molecule has 0 aliphatic rings. The number of benzene rings is 2. The Labute approximate surface area is 126 Å². The normalized spacial score (nSPS) is 10.3. The third-order valence-corrected chi connectivity index (χ3v) is 3.46. The molecule has 2 N–H and O–H groups in total. The molecule has 2 aromatic rings. The summed E-state index contributed by atoms with van der Waals surface area (Å²) in [6.45, 7) is 3.29. The van der Waals surface area contributed by atoms with Gasteiger partial charge < -0.3 is 10.2 Å². The van der Waals surface area contributed by atoms with Crippen LogP contribution in [0.2, 0.25) is 0 Å². The molecule has 0 amide bonds. The van der Waals surface area contributed by atoms with E-state index in [1.165, 1.54) is 24.3 Å². The standard InChI is InChI=1S/C17H14O5/c1-9-3-5-11(7-13(9)16(19)20)15(18)12-6-4-10(2)14(8-12)17(21)22/h3-8H,1-2H3,(H,19,20)(H,21,22). The number of hydrogen-bond acceptors (Lipinski definition) is 3. The van der Waals surface area contributed by atoms with Crippen LogP contribution in [0, 0.1) is 13.8 Å². The Morgan fingerprint density at radius 3 is 1.41 bits per heavy atom. The summed E-state index contributed by atoms with van der Waals surface area (Å²) in [4.78, 5) is 34.7. The van der Waals surface area contributed by atoms with Crippen LogP contribution in [-0.2, 0) is 0 Å². The molecule has 0 heterocycles. The van der Waals surface area contributed by atoms with Gasteiger partial charge in [0, 0.05) is 11.1 Å². The number of carboxylic acids is 2. The third-order valence-electron chi connectivity index (χ3n) is 3.46. The molecule has 0 saturated carbocycles. The minimum absolute atomic E-state index is 0.0522. The summed E-state index contributed by atoms with van der Waals surface area (Å²) >= 11 is 0. The van der Waals surface area contributed by atoms with Gasteiger partial charge in [0.25, 0.3) is 0 Å². The van der Waals surface area contributed by atoms with Gasteiger partial charge in [-0.15, -0.1) is 0 Å². The van der Waals surface area contributed by atoms with E-state index >= 15 is 0 Å². The van der Waals surface area contributed by atoms with Crippen molar-refractivity contribution in [2.45, 2.75) is 13.8 Å². The fraction of sp³-hybridized carbons (Fsp3) is 0.118. The lowest BCUT2D eigenvalue weighted by atomic mass is 9.96. The van der Waals surface area contributed by atoms with Crippen LogP contribution in [0.15, 0.2) is 36.4 Å². The summed E-state index contributed by atoms with van der Waals surface area (Å²) < 4.78 is 0. The molecular formula is C17H14O5. The van der Waals surface area contributed by atoms with Gasteiger partial charge in [0.05, 0.1) is 11.1 Å². The van der Waals surface area contributed by atoms with Crippen LogP contribution >= 0.6 is 0 Å². The Hall–Kier alpha value is -2.95. The number of hydrogen-bond donors (Lipinski definition) is 2. The number of rotatable bonds is 4. The first-order valence-electron chi connectivity index (χ1n) is 6.54. The first-order chi connectivity index (χ1) is 10.3. The van der Waals surface area contributed by atoms with Crippen LogP contribution in [-0.4, -0.2) is 27.9 Å². The fourth-order valence-corrected chi connectivity index (χ4v) is 2.15. The molecule has 2 rings (SSSR count). The van der Waals surface area contributed by atoms with Crippen LogP contribution in [0.4, 0.5) is 0 Å². The van der Waals surface area contributed by atoms with Crippen LogP contribution in [0.3, 0.4) is 0 Å². The molecular weight excluding hydrogens is 284 g/mol. The summed E-state index contributed by atoms with van der Waals surface area (Å²) in [7, 11) is 0. The highest BCUT2D eigenvalue weighted by atomic mass is 16.4. The molecule has 0 bridgehead atoms. The average molecular weight is 298 g/mol. The maximum absolute atomic E-state index is 12.4. The zero-order chi connectivity index (χ0) is 16.4. The van der Waals surface area contributed by atoms with Crippen LogP contribution in [0.25, 0.3) is 0 Å². The van der Waals surface area contributed by atoms with Gasteiger partial charge in [-0.05, 0) is 37.1 Å². The first-order valence-corrected chi connectivity index (χ1v) is 6.54. The Morgan fingerprint density at radius 2 is 1.09 bits per heavy atom. The van der Waals surface area contributed by atoms with E-state index < -0.39 is 17.7 Å². The molecule has 2 aromatic carbocycles. The minimum Gasteiger partial charge on any atom is -0.478 e. The Morgan fingerprint density at radius 1 is 0.727 bits per heavy atom. The van der Waals surface area contributed by atoms with E-state index in [1.54, 1.807) is 26.0 Å². The molecule has 0 aliphatic carbocycles. The van der Waals surface area contributed by atoms with Gasteiger partial charge in [-0.1, -0.05) is 24.3 Å². The highest BCUT2D eigenvalue weighted by molar-refractivity contribution is 6.11. The van der Waals surface area contributed by atoms with E-state index in [-0.39, 0.29) is 22.3 Å². The average Bonchev–Trinajstić information content (AvgIpc) is 2.47. The van der Waals surface area contributed by atoms with Crippen molar-refractivity contribution >= 4 is 17.7 Å². The molecule has 0 aliphatic heterocycles. The fourth-order valence-electron chi connectivity index (χ4n) is 2.15. The topological polar surface area (TPSA) is 91.7 Å². The Balaban J connectivity index is 2.49. The molecule has 0 spiro atoms. The summed E-state index contributed by atoms with van der Waals surface area (Å²) in [5, 5.41) is 18.2. The summed E-state index contributed by atoms with van der Waals surface area (Å²) in [5.74, 6) is -2.63. The van der Waals surface area contributed by atoms with Crippen molar-refractivity contribution in [1.29, 1.82) is 0 Å². The monoisotopic (exact) mass is 298 g/mol. The quantitative estimate of drug-likeness (QED) is 0.847. The lowest BCUT2D eigenvalue weighted by Crippen LogP contribution is -2.08. The van der Waals surface area contributed by atoms with Gasteiger partial charge in [0.2, 0.25) is 0 Å². The molecule has 0 aromatic heterocycles. The molecule has 0 atom stereocenters. The number of carbonyl (C=O) groups excluding carboxylic acids is 1. The Kier molecular flexibility index (Phi) is 4.08. The lowest BCUT2D eigenvalue weighted by molar-refractivity contribution is 0.0685. The van der Waals surface area contributed by atoms with Crippen molar-refractivity contribution in [3.8, 4) is 0 Å². The summed E-state index contributed by atoms with van der Waals surface area (Å²) in [6, 6.07) is 8.79. The first kappa shape index (κ1) is 15.4. The molecule has 0 saturated heterocycles. The van der Waals surface area contributed by atoms with Crippen molar-refractivity contribution < 1.29 is 24.6 Å². The molecule has 0 radical (unpaired) electrons. The number of carboxylic acid groups (broad SMARTS) is 2. The Bertz CT molecular complexity index is 724. The highest BCUT2D eigenvalue weighted by Crippen LogP contribution is 2.18. The predicted molar refractivity (Wildman–Crippen MR) is 79.7 cm³/mol. The highest BCUT2D eigenvalue weighted by Gasteiger charge is 2.16. The second-order valence-electron chi connectivity index (χ2n) is 5.00. The van der Waals surface area contributed by atoms with Crippen LogP contribution < -0.4 is 0 Å². The van der Waals surface area contributed by atoms with Gasteiger partial charge in [-0.25, -0.2) is 9.59 Å². The van der Waals surface area contributed by atoms with E-state index in [4.69, 9.17) is 10.2 Å². The van der Waals surface area contributed by atoms with Crippen LogP contribution in [0.5, 0.6) is 0 Å². The summed E-state index contributed by atoms with van der Waals surface area (Å²) in [6.07, 6.45) is 0.